The predicted molar refractivity (Wildman–Crippen MR) is 177 cm³/mol. The molecular weight excluding hydrogens is 510 g/mol. The van der Waals surface area contributed by atoms with E-state index in [0.717, 1.165) is 50.0 Å². The van der Waals surface area contributed by atoms with Gasteiger partial charge < -0.3 is 9.32 Å². The summed E-state index contributed by atoms with van der Waals surface area (Å²) in [6.45, 7) is 0. The monoisotopic (exact) mass is 537 g/mol. The summed E-state index contributed by atoms with van der Waals surface area (Å²) < 4.78 is 6.59. The molecule has 0 aliphatic heterocycles. The summed E-state index contributed by atoms with van der Waals surface area (Å²) in [6, 6.07) is 57.8. The summed E-state index contributed by atoms with van der Waals surface area (Å²) >= 11 is 0. The topological polar surface area (TPSA) is 16.4 Å². The first kappa shape index (κ1) is 24.2. The van der Waals surface area contributed by atoms with Gasteiger partial charge in [0.25, 0.3) is 0 Å². The molecule has 0 fully saturated rings. The van der Waals surface area contributed by atoms with Gasteiger partial charge in [-0.25, -0.2) is 0 Å². The highest BCUT2D eigenvalue weighted by molar-refractivity contribution is 6.26. The fourth-order valence-corrected chi connectivity index (χ4v) is 6.21. The van der Waals surface area contributed by atoms with Gasteiger partial charge in [0, 0.05) is 38.8 Å². The molecule has 1 aromatic heterocycles. The van der Waals surface area contributed by atoms with Crippen molar-refractivity contribution in [1.82, 2.24) is 0 Å². The van der Waals surface area contributed by atoms with Gasteiger partial charge in [-0.2, -0.15) is 0 Å². The summed E-state index contributed by atoms with van der Waals surface area (Å²) in [5, 5.41) is 4.59. The van der Waals surface area contributed by atoms with E-state index in [1.807, 2.05) is 6.07 Å². The Morgan fingerprint density at radius 2 is 0.833 bits per heavy atom. The molecule has 0 saturated heterocycles. The molecule has 0 spiro atoms. The Morgan fingerprint density at radius 3 is 1.48 bits per heavy atom. The molecule has 7 aromatic carbocycles. The number of furan rings is 1. The van der Waals surface area contributed by atoms with Crippen molar-refractivity contribution in [3.63, 3.8) is 0 Å². The van der Waals surface area contributed by atoms with E-state index in [1.54, 1.807) is 0 Å². The third-order valence-electron chi connectivity index (χ3n) is 8.04. The van der Waals surface area contributed by atoms with E-state index in [0.29, 0.717) is 0 Å². The van der Waals surface area contributed by atoms with Crippen LogP contribution in [0, 0.1) is 0 Å². The maximum absolute atomic E-state index is 6.59. The van der Waals surface area contributed by atoms with E-state index in [4.69, 9.17) is 4.42 Å². The average Bonchev–Trinajstić information content (AvgIpc) is 3.46. The van der Waals surface area contributed by atoms with Crippen LogP contribution in [-0.4, -0.2) is 0 Å². The molecule has 198 valence electrons. The molecule has 8 rings (SSSR count). The zero-order valence-electron chi connectivity index (χ0n) is 22.9. The largest absolute Gasteiger partial charge is 0.455 e. The van der Waals surface area contributed by atoms with Crippen LogP contribution in [-0.2, 0) is 0 Å². The van der Waals surface area contributed by atoms with Crippen molar-refractivity contribution in [1.29, 1.82) is 0 Å². The normalized spacial score (nSPS) is 11.3. The predicted octanol–water partition coefficient (Wildman–Crippen LogP) is 11.5. The number of fused-ring (bicyclic) bond motifs is 5. The molecular formula is C40H27NO. The van der Waals surface area contributed by atoms with Crippen LogP contribution in [0.15, 0.2) is 168 Å². The van der Waals surface area contributed by atoms with Gasteiger partial charge in [0.1, 0.15) is 11.2 Å². The molecule has 0 unspecified atom stereocenters. The van der Waals surface area contributed by atoms with Crippen molar-refractivity contribution in [3.05, 3.63) is 164 Å². The minimum Gasteiger partial charge on any atom is -0.455 e. The molecule has 0 bridgehead atoms. The van der Waals surface area contributed by atoms with Gasteiger partial charge in [-0.15, -0.1) is 0 Å². The lowest BCUT2D eigenvalue weighted by atomic mass is 9.86. The number of anilines is 3. The molecule has 0 saturated carbocycles. The smallest absolute Gasteiger partial charge is 0.143 e. The summed E-state index contributed by atoms with van der Waals surface area (Å²) in [5.74, 6) is 0. The van der Waals surface area contributed by atoms with Crippen molar-refractivity contribution in [3.8, 4) is 22.3 Å². The van der Waals surface area contributed by atoms with Crippen LogP contribution in [0.3, 0.4) is 0 Å². The highest BCUT2D eigenvalue weighted by atomic mass is 16.3. The average molecular weight is 538 g/mol. The third kappa shape index (κ3) is 3.96. The van der Waals surface area contributed by atoms with E-state index < -0.39 is 0 Å². The van der Waals surface area contributed by atoms with Crippen LogP contribution in [0.4, 0.5) is 17.1 Å². The van der Waals surface area contributed by atoms with Crippen LogP contribution in [0.25, 0.3) is 55.0 Å². The standard InChI is InChI=1S/C40H27NO/c1-4-14-28(15-5-1)37-33-20-10-11-21-34(33)40-39(35-22-12-13-23-36(35)42-40)38(37)29-24-26-32(27-25-29)41(30-16-6-2-7-17-30)31-18-8-3-9-19-31/h1-27H. The van der Waals surface area contributed by atoms with Crippen molar-refractivity contribution >= 4 is 49.8 Å². The Balaban J connectivity index is 1.41. The van der Waals surface area contributed by atoms with Gasteiger partial charge in [0.05, 0.1) is 0 Å². The van der Waals surface area contributed by atoms with E-state index in [-0.39, 0.29) is 0 Å². The molecule has 0 radical (unpaired) electrons. The van der Waals surface area contributed by atoms with Crippen molar-refractivity contribution in [2.45, 2.75) is 0 Å². The SMILES string of the molecule is c1ccc(-c2c(-c3ccc(N(c4ccccc4)c4ccccc4)cc3)c3c4ccccc4oc3c3ccccc23)cc1. The van der Waals surface area contributed by atoms with E-state index in [2.05, 4.69) is 163 Å². The molecule has 2 nitrogen and oxygen atoms in total. The van der Waals surface area contributed by atoms with Crippen molar-refractivity contribution in [2.75, 3.05) is 4.90 Å². The lowest BCUT2D eigenvalue weighted by molar-refractivity contribution is 0.673. The molecule has 42 heavy (non-hydrogen) atoms. The number of hydrogen-bond acceptors (Lipinski definition) is 2. The van der Waals surface area contributed by atoms with Crippen LogP contribution < -0.4 is 4.90 Å². The first-order valence-corrected chi connectivity index (χ1v) is 14.3. The maximum Gasteiger partial charge on any atom is 0.143 e. The van der Waals surface area contributed by atoms with E-state index in [1.165, 1.54) is 22.1 Å². The second kappa shape index (κ2) is 10.1. The van der Waals surface area contributed by atoms with E-state index >= 15 is 0 Å². The molecule has 0 aliphatic rings. The Hall–Kier alpha value is -5.60. The fourth-order valence-electron chi connectivity index (χ4n) is 6.21. The fraction of sp³-hybridized carbons (Fsp3) is 0. The van der Waals surface area contributed by atoms with Gasteiger partial charge >= 0.3 is 0 Å². The zero-order chi connectivity index (χ0) is 27.9. The highest BCUT2D eigenvalue weighted by Crippen LogP contribution is 2.48. The molecule has 0 atom stereocenters. The van der Waals surface area contributed by atoms with Crippen LogP contribution in [0.1, 0.15) is 0 Å². The Kier molecular flexibility index (Phi) is 5.82. The summed E-state index contributed by atoms with van der Waals surface area (Å²) in [7, 11) is 0. The minimum absolute atomic E-state index is 0.903. The summed E-state index contributed by atoms with van der Waals surface area (Å²) in [6.07, 6.45) is 0. The van der Waals surface area contributed by atoms with E-state index in [9.17, 15) is 0 Å². The number of hydrogen-bond donors (Lipinski definition) is 0. The lowest BCUT2D eigenvalue weighted by Gasteiger charge is -2.25. The summed E-state index contributed by atoms with van der Waals surface area (Å²) in [4.78, 5) is 2.30. The van der Waals surface area contributed by atoms with Gasteiger partial charge in [0.2, 0.25) is 0 Å². The zero-order valence-corrected chi connectivity index (χ0v) is 22.9. The van der Waals surface area contributed by atoms with Crippen LogP contribution in [0.5, 0.6) is 0 Å². The van der Waals surface area contributed by atoms with Gasteiger partial charge in [-0.3, -0.25) is 0 Å². The Labute approximate surface area is 244 Å². The highest BCUT2D eigenvalue weighted by Gasteiger charge is 2.22. The second-order valence-corrected chi connectivity index (χ2v) is 10.5. The maximum atomic E-state index is 6.59. The number of benzene rings is 7. The van der Waals surface area contributed by atoms with Crippen LogP contribution >= 0.6 is 0 Å². The van der Waals surface area contributed by atoms with Crippen LogP contribution in [0.2, 0.25) is 0 Å². The number of para-hydroxylation sites is 3. The van der Waals surface area contributed by atoms with Gasteiger partial charge in [0.15, 0.2) is 0 Å². The number of nitrogens with zero attached hydrogens (tertiary/aromatic N) is 1. The first-order chi connectivity index (χ1) is 20.9. The molecule has 0 N–H and O–H groups in total. The molecule has 2 heteroatoms. The minimum atomic E-state index is 0.903. The second-order valence-electron chi connectivity index (χ2n) is 10.5. The van der Waals surface area contributed by atoms with Gasteiger partial charge in [-0.05, 0) is 64.5 Å². The van der Waals surface area contributed by atoms with Gasteiger partial charge in [-0.1, -0.05) is 121 Å². The third-order valence-corrected chi connectivity index (χ3v) is 8.04. The lowest BCUT2D eigenvalue weighted by Crippen LogP contribution is -2.09. The molecule has 1 heterocycles. The molecule has 8 aromatic rings. The quantitative estimate of drug-likeness (QED) is 0.217. The van der Waals surface area contributed by atoms with Crippen molar-refractivity contribution in [2.24, 2.45) is 0 Å². The first-order valence-electron chi connectivity index (χ1n) is 14.3. The number of rotatable bonds is 5. The Morgan fingerprint density at radius 1 is 0.357 bits per heavy atom. The summed E-state index contributed by atoms with van der Waals surface area (Å²) in [5.41, 5.74) is 9.94. The molecule has 0 amide bonds. The molecule has 0 aliphatic carbocycles. The Bertz CT molecular complexity index is 2120. The van der Waals surface area contributed by atoms with Crippen molar-refractivity contribution < 1.29 is 4.42 Å².